The van der Waals surface area contributed by atoms with Crippen LogP contribution in [-0.4, -0.2) is 111 Å². The topological polar surface area (TPSA) is 172 Å². The molecule has 8 N–H and O–H groups in total. The number of aliphatic hydroxyl groups excluding tert-OH is 6. The van der Waals surface area contributed by atoms with Gasteiger partial charge >= 0.3 is 0 Å². The number of aliphatic hydroxyl groups is 7. The Bertz CT molecular complexity index is 373. The molecule has 0 unspecified atom stereocenters. The van der Waals surface area contributed by atoms with Crippen molar-refractivity contribution in [2.75, 3.05) is 26.4 Å². The van der Waals surface area contributed by atoms with E-state index in [2.05, 4.69) is 5.32 Å². The summed E-state index contributed by atoms with van der Waals surface area (Å²) < 4.78 is 10.2. The number of ether oxygens (including phenoxy) is 2. The first-order valence-corrected chi connectivity index (χ1v) is 6.99. The highest BCUT2D eigenvalue weighted by Crippen LogP contribution is 2.26. The molecule has 22 heavy (non-hydrogen) atoms. The summed E-state index contributed by atoms with van der Waals surface area (Å²) in [5.74, 6) is 0. The monoisotopic (exact) mass is 325 g/mol. The molecule has 10 heteroatoms. The second-order valence-electron chi connectivity index (χ2n) is 5.75. The van der Waals surface area contributed by atoms with Crippen molar-refractivity contribution in [2.45, 2.75) is 48.4 Å². The predicted molar refractivity (Wildman–Crippen MR) is 69.6 cm³/mol. The van der Waals surface area contributed by atoms with E-state index >= 15 is 0 Å². The maximum atomic E-state index is 10.00. The first-order valence-electron chi connectivity index (χ1n) is 6.99. The molecule has 0 aromatic heterocycles. The van der Waals surface area contributed by atoms with E-state index in [9.17, 15) is 25.5 Å². The summed E-state index contributed by atoms with van der Waals surface area (Å²) >= 11 is 0. The number of hydrogen-bond donors (Lipinski definition) is 8. The molecule has 8 atom stereocenters. The number of rotatable bonds is 6. The van der Waals surface area contributed by atoms with Gasteiger partial charge in [0, 0.05) is 0 Å². The van der Waals surface area contributed by atoms with Gasteiger partial charge in [-0.25, -0.2) is 0 Å². The molecule has 2 heterocycles. The summed E-state index contributed by atoms with van der Waals surface area (Å²) in [7, 11) is 0. The van der Waals surface area contributed by atoms with Crippen LogP contribution in [0.15, 0.2) is 0 Å². The molecule has 0 radical (unpaired) electrons. The average Bonchev–Trinajstić information content (AvgIpc) is 2.96. The van der Waals surface area contributed by atoms with Crippen LogP contribution in [0.3, 0.4) is 0 Å². The first-order chi connectivity index (χ1) is 10.3. The van der Waals surface area contributed by atoms with Crippen molar-refractivity contribution in [1.29, 1.82) is 0 Å². The van der Waals surface area contributed by atoms with E-state index in [1.54, 1.807) is 0 Å². The lowest BCUT2D eigenvalue weighted by Crippen LogP contribution is -2.49. The lowest BCUT2D eigenvalue weighted by molar-refractivity contribution is -0.177. The lowest BCUT2D eigenvalue weighted by Gasteiger charge is -2.26. The molecule has 0 aromatic rings. The van der Waals surface area contributed by atoms with Gasteiger partial charge in [-0.05, 0) is 0 Å². The Morgan fingerprint density at radius 2 is 1.91 bits per heavy atom. The Kier molecular flexibility index (Phi) is 5.72. The Hall–Kier alpha value is -0.400. The highest BCUT2D eigenvalue weighted by atomic mass is 16.7. The molecule has 0 aromatic carbocycles. The largest absolute Gasteiger partial charge is 0.395 e. The minimum Gasteiger partial charge on any atom is -0.395 e. The van der Waals surface area contributed by atoms with Crippen molar-refractivity contribution in [3.05, 3.63) is 0 Å². The van der Waals surface area contributed by atoms with Crippen molar-refractivity contribution in [3.63, 3.8) is 0 Å². The molecule has 0 spiro atoms. The summed E-state index contributed by atoms with van der Waals surface area (Å²) in [5, 5.41) is 69.7. The Labute approximate surface area is 126 Å². The molecule has 0 saturated carbocycles. The molecule has 0 aliphatic carbocycles. The summed E-state index contributed by atoms with van der Waals surface area (Å²) in [5.41, 5.74) is -1.82. The van der Waals surface area contributed by atoms with Crippen LogP contribution in [0, 0.1) is 0 Å². The van der Waals surface area contributed by atoms with Crippen LogP contribution < -0.4 is 5.32 Å². The van der Waals surface area contributed by atoms with Crippen molar-refractivity contribution < 1.29 is 45.2 Å². The standard InChI is InChI=1S/C12H23NO9/c14-1-5-8(17)9(18)7(13-5)6(16)2-21-11-10(19)12(20,3-15)4-22-11/h5-11,13-20H,1-4H2/t5-,6-,7-,8-,9-,10+,11-,12-/m1/s1. The van der Waals surface area contributed by atoms with Gasteiger partial charge in [0.2, 0.25) is 0 Å². The molecular weight excluding hydrogens is 302 g/mol. The van der Waals surface area contributed by atoms with E-state index in [-0.39, 0.29) is 13.2 Å². The van der Waals surface area contributed by atoms with Crippen molar-refractivity contribution >= 4 is 0 Å². The Morgan fingerprint density at radius 1 is 1.23 bits per heavy atom. The van der Waals surface area contributed by atoms with Gasteiger partial charge in [-0.15, -0.1) is 0 Å². The highest BCUT2D eigenvalue weighted by Gasteiger charge is 2.49. The zero-order valence-corrected chi connectivity index (χ0v) is 11.8. The Morgan fingerprint density at radius 3 is 2.41 bits per heavy atom. The molecular formula is C12H23NO9. The smallest absolute Gasteiger partial charge is 0.186 e. The minimum absolute atomic E-state index is 0.318. The van der Waals surface area contributed by atoms with Gasteiger partial charge < -0.3 is 50.5 Å². The summed E-state index contributed by atoms with van der Waals surface area (Å²) in [6.07, 6.45) is -6.48. The van der Waals surface area contributed by atoms with Crippen molar-refractivity contribution in [1.82, 2.24) is 5.32 Å². The van der Waals surface area contributed by atoms with Crippen molar-refractivity contribution in [3.8, 4) is 0 Å². The fourth-order valence-electron chi connectivity index (χ4n) is 2.63. The third kappa shape index (κ3) is 3.26. The summed E-state index contributed by atoms with van der Waals surface area (Å²) in [6.45, 7) is -1.79. The normalized spacial score (nSPS) is 47.0. The van der Waals surface area contributed by atoms with Crippen molar-refractivity contribution in [2.24, 2.45) is 0 Å². The SMILES string of the molecule is OC[C@H]1N[C@H]([C@H](O)CO[C@@H]2OC[C@](O)(CO)[C@H]2O)[C@@H](O)[C@@H]1O. The Balaban J connectivity index is 1.85. The molecule has 2 aliphatic rings. The fourth-order valence-corrected chi connectivity index (χ4v) is 2.63. The van der Waals surface area contributed by atoms with Gasteiger partial charge in [0.05, 0.1) is 56.8 Å². The van der Waals surface area contributed by atoms with E-state index in [0.717, 1.165) is 0 Å². The molecule has 2 fully saturated rings. The minimum atomic E-state index is -1.82. The zero-order valence-electron chi connectivity index (χ0n) is 11.8. The van der Waals surface area contributed by atoms with Crippen LogP contribution in [0.5, 0.6) is 0 Å². The van der Waals surface area contributed by atoms with E-state index in [1.807, 2.05) is 0 Å². The van der Waals surface area contributed by atoms with Gasteiger partial charge in [0.15, 0.2) is 6.29 Å². The van der Waals surface area contributed by atoms with E-state index in [4.69, 9.17) is 19.7 Å². The van der Waals surface area contributed by atoms with Gasteiger partial charge in [0.25, 0.3) is 0 Å². The van der Waals surface area contributed by atoms with E-state index in [1.165, 1.54) is 0 Å². The molecule has 2 rings (SSSR count). The van der Waals surface area contributed by atoms with Crippen LogP contribution in [0.25, 0.3) is 0 Å². The maximum Gasteiger partial charge on any atom is 0.186 e. The number of hydrogen-bond acceptors (Lipinski definition) is 10. The fraction of sp³-hybridized carbons (Fsp3) is 1.00. The van der Waals surface area contributed by atoms with Gasteiger partial charge in [0.1, 0.15) is 11.7 Å². The molecule has 0 bridgehead atoms. The molecule has 130 valence electrons. The van der Waals surface area contributed by atoms with Crippen LogP contribution in [0.2, 0.25) is 0 Å². The second-order valence-corrected chi connectivity index (χ2v) is 5.75. The van der Waals surface area contributed by atoms with Crippen LogP contribution in [0.1, 0.15) is 0 Å². The van der Waals surface area contributed by atoms with Gasteiger partial charge in [-0.2, -0.15) is 0 Å². The second kappa shape index (κ2) is 7.01. The van der Waals surface area contributed by atoms with Crippen LogP contribution in [0.4, 0.5) is 0 Å². The van der Waals surface area contributed by atoms with E-state index in [0.29, 0.717) is 0 Å². The van der Waals surface area contributed by atoms with Gasteiger partial charge in [-0.1, -0.05) is 0 Å². The molecule has 2 aliphatic heterocycles. The summed E-state index contributed by atoms with van der Waals surface area (Å²) in [4.78, 5) is 0. The lowest BCUT2D eigenvalue weighted by atomic mass is 10.0. The summed E-state index contributed by atoms with van der Waals surface area (Å²) in [6, 6.07) is -1.69. The molecule has 0 amide bonds. The number of nitrogens with one attached hydrogen (secondary N) is 1. The third-order valence-electron chi connectivity index (χ3n) is 4.16. The van der Waals surface area contributed by atoms with Gasteiger partial charge in [-0.3, -0.25) is 0 Å². The first kappa shape index (κ1) is 17.9. The third-order valence-corrected chi connectivity index (χ3v) is 4.16. The maximum absolute atomic E-state index is 10.00. The van der Waals surface area contributed by atoms with Crippen LogP contribution in [-0.2, 0) is 9.47 Å². The molecule has 2 saturated heterocycles. The predicted octanol–water partition coefficient (Wildman–Crippen LogP) is -5.14. The van der Waals surface area contributed by atoms with E-state index < -0.39 is 61.6 Å². The highest BCUT2D eigenvalue weighted by molar-refractivity contribution is 5.01. The van der Waals surface area contributed by atoms with Crippen LogP contribution >= 0.6 is 0 Å². The zero-order chi connectivity index (χ0) is 16.5. The average molecular weight is 325 g/mol. The quantitative estimate of drug-likeness (QED) is 0.236. The molecule has 10 nitrogen and oxygen atoms in total.